The second kappa shape index (κ2) is 8.19. The molecule has 0 saturated heterocycles. The Kier molecular flexibility index (Phi) is 6.86. The van der Waals surface area contributed by atoms with Crippen LogP contribution in [0.5, 0.6) is 0 Å². The zero-order valence-corrected chi connectivity index (χ0v) is 11.7. The molecule has 4 heteroatoms. The molecule has 102 valence electrons. The van der Waals surface area contributed by atoms with E-state index in [2.05, 4.69) is 29.8 Å². The molecule has 18 heavy (non-hydrogen) atoms. The fourth-order valence-electron chi connectivity index (χ4n) is 2.12. The summed E-state index contributed by atoms with van der Waals surface area (Å²) in [5.41, 5.74) is 7.12. The molecule has 2 N–H and O–H groups in total. The van der Waals surface area contributed by atoms with E-state index in [9.17, 15) is 0 Å². The van der Waals surface area contributed by atoms with Gasteiger partial charge in [-0.15, -0.1) is 0 Å². The highest BCUT2D eigenvalue weighted by Crippen LogP contribution is 2.19. The summed E-state index contributed by atoms with van der Waals surface area (Å²) in [6.45, 7) is 7.67. The Labute approximate surface area is 110 Å². The maximum Gasteiger partial charge on any atom is 0.0589 e. The SMILES string of the molecule is COCCN(CC(C)C)C(CN)c1cccnc1. The summed E-state index contributed by atoms with van der Waals surface area (Å²) in [4.78, 5) is 6.56. The van der Waals surface area contributed by atoms with Crippen molar-refractivity contribution in [2.45, 2.75) is 19.9 Å². The average Bonchev–Trinajstić information content (AvgIpc) is 2.37. The van der Waals surface area contributed by atoms with Gasteiger partial charge in [0.1, 0.15) is 0 Å². The quantitative estimate of drug-likeness (QED) is 0.764. The van der Waals surface area contributed by atoms with E-state index >= 15 is 0 Å². The molecule has 0 fully saturated rings. The van der Waals surface area contributed by atoms with Crippen molar-refractivity contribution in [1.82, 2.24) is 9.88 Å². The molecule has 1 rings (SSSR count). The molecule has 0 radical (unpaired) electrons. The van der Waals surface area contributed by atoms with Crippen molar-refractivity contribution >= 4 is 0 Å². The van der Waals surface area contributed by atoms with Crippen molar-refractivity contribution in [3.63, 3.8) is 0 Å². The van der Waals surface area contributed by atoms with Crippen LogP contribution < -0.4 is 5.73 Å². The fourth-order valence-corrected chi connectivity index (χ4v) is 2.12. The van der Waals surface area contributed by atoms with Crippen molar-refractivity contribution in [2.24, 2.45) is 11.7 Å². The van der Waals surface area contributed by atoms with Crippen LogP contribution in [0.25, 0.3) is 0 Å². The van der Waals surface area contributed by atoms with E-state index in [1.54, 1.807) is 13.3 Å². The van der Waals surface area contributed by atoms with Crippen molar-refractivity contribution in [3.05, 3.63) is 30.1 Å². The van der Waals surface area contributed by atoms with Crippen LogP contribution in [0.1, 0.15) is 25.5 Å². The normalized spacial score (nSPS) is 13.2. The Bertz CT molecular complexity index is 316. The van der Waals surface area contributed by atoms with Gasteiger partial charge in [0.05, 0.1) is 6.61 Å². The second-order valence-corrected chi connectivity index (χ2v) is 4.92. The Morgan fingerprint density at radius 1 is 1.44 bits per heavy atom. The van der Waals surface area contributed by atoms with Gasteiger partial charge in [0.2, 0.25) is 0 Å². The van der Waals surface area contributed by atoms with E-state index in [4.69, 9.17) is 10.5 Å². The Morgan fingerprint density at radius 3 is 2.72 bits per heavy atom. The molecule has 4 nitrogen and oxygen atoms in total. The summed E-state index contributed by atoms with van der Waals surface area (Å²) in [6.07, 6.45) is 3.69. The van der Waals surface area contributed by atoms with Crippen LogP contribution in [0.2, 0.25) is 0 Å². The summed E-state index contributed by atoms with van der Waals surface area (Å²) in [5, 5.41) is 0. The molecule has 0 aliphatic rings. The van der Waals surface area contributed by atoms with Gasteiger partial charge >= 0.3 is 0 Å². The van der Waals surface area contributed by atoms with Crippen LogP contribution in [0.4, 0.5) is 0 Å². The zero-order chi connectivity index (χ0) is 13.4. The van der Waals surface area contributed by atoms with Crippen LogP contribution in [-0.4, -0.2) is 43.2 Å². The smallest absolute Gasteiger partial charge is 0.0589 e. The third-order valence-corrected chi connectivity index (χ3v) is 2.92. The number of nitrogens with zero attached hydrogens (tertiary/aromatic N) is 2. The number of methoxy groups -OCH3 is 1. The van der Waals surface area contributed by atoms with Crippen LogP contribution in [0.3, 0.4) is 0 Å². The Morgan fingerprint density at radius 2 is 2.22 bits per heavy atom. The maximum atomic E-state index is 5.94. The highest BCUT2D eigenvalue weighted by molar-refractivity contribution is 5.14. The molecule has 0 aromatic carbocycles. The first-order chi connectivity index (χ1) is 8.69. The molecular weight excluding hydrogens is 226 g/mol. The molecule has 1 heterocycles. The van der Waals surface area contributed by atoms with Gasteiger partial charge in [-0.05, 0) is 17.5 Å². The number of hydrogen-bond acceptors (Lipinski definition) is 4. The third-order valence-electron chi connectivity index (χ3n) is 2.92. The van der Waals surface area contributed by atoms with Crippen LogP contribution in [0.15, 0.2) is 24.5 Å². The average molecular weight is 251 g/mol. The first-order valence-corrected chi connectivity index (χ1v) is 6.52. The standard InChI is InChI=1S/C14H25N3O/c1-12(2)11-17(7-8-18-3)14(9-15)13-5-4-6-16-10-13/h4-6,10,12,14H,7-9,11,15H2,1-3H3. The first kappa shape index (κ1) is 15.1. The minimum atomic E-state index is 0.219. The molecule has 0 aliphatic carbocycles. The predicted molar refractivity (Wildman–Crippen MR) is 74.3 cm³/mol. The number of ether oxygens (including phenoxy) is 1. The summed E-state index contributed by atoms with van der Waals surface area (Å²) in [6, 6.07) is 4.27. The lowest BCUT2D eigenvalue weighted by atomic mass is 10.1. The molecule has 0 bridgehead atoms. The van der Waals surface area contributed by atoms with Gasteiger partial charge in [0.15, 0.2) is 0 Å². The van der Waals surface area contributed by atoms with E-state index in [1.165, 1.54) is 5.56 Å². The predicted octanol–water partition coefficient (Wildman–Crippen LogP) is 1.69. The van der Waals surface area contributed by atoms with Crippen molar-refractivity contribution in [1.29, 1.82) is 0 Å². The van der Waals surface area contributed by atoms with E-state index in [-0.39, 0.29) is 6.04 Å². The summed E-state index contributed by atoms with van der Waals surface area (Å²) in [7, 11) is 1.73. The minimum absolute atomic E-state index is 0.219. The van der Waals surface area contributed by atoms with E-state index in [0.717, 1.165) is 19.7 Å². The van der Waals surface area contributed by atoms with Crippen LogP contribution in [-0.2, 0) is 4.74 Å². The molecule has 1 aromatic heterocycles. The van der Waals surface area contributed by atoms with Crippen LogP contribution in [0, 0.1) is 5.92 Å². The number of rotatable bonds is 8. The molecule has 1 atom stereocenters. The number of nitrogens with two attached hydrogens (primary N) is 1. The first-order valence-electron chi connectivity index (χ1n) is 6.52. The summed E-state index contributed by atoms with van der Waals surface area (Å²) < 4.78 is 5.19. The highest BCUT2D eigenvalue weighted by Gasteiger charge is 2.19. The molecule has 0 spiro atoms. The van der Waals surface area contributed by atoms with Crippen molar-refractivity contribution in [2.75, 3.05) is 33.4 Å². The molecule has 0 aliphatic heterocycles. The highest BCUT2D eigenvalue weighted by atomic mass is 16.5. The molecule has 0 amide bonds. The van der Waals surface area contributed by atoms with E-state index in [0.29, 0.717) is 12.5 Å². The van der Waals surface area contributed by atoms with Crippen molar-refractivity contribution in [3.8, 4) is 0 Å². The summed E-state index contributed by atoms with van der Waals surface area (Å²) >= 11 is 0. The fraction of sp³-hybridized carbons (Fsp3) is 0.643. The molecule has 0 saturated carbocycles. The van der Waals surface area contributed by atoms with Gasteiger partial charge < -0.3 is 10.5 Å². The lowest BCUT2D eigenvalue weighted by molar-refractivity contribution is 0.112. The summed E-state index contributed by atoms with van der Waals surface area (Å²) in [5.74, 6) is 0.604. The Balaban J connectivity index is 2.79. The Hall–Kier alpha value is -0.970. The maximum absolute atomic E-state index is 5.94. The van der Waals surface area contributed by atoms with Gasteiger partial charge in [-0.2, -0.15) is 0 Å². The topological polar surface area (TPSA) is 51.4 Å². The molecule has 1 unspecified atom stereocenters. The third kappa shape index (κ3) is 4.72. The van der Waals surface area contributed by atoms with Gasteiger partial charge in [-0.1, -0.05) is 19.9 Å². The number of pyridine rings is 1. The number of hydrogen-bond donors (Lipinski definition) is 1. The monoisotopic (exact) mass is 251 g/mol. The van der Waals surface area contributed by atoms with E-state index < -0.39 is 0 Å². The van der Waals surface area contributed by atoms with Gasteiger partial charge in [0.25, 0.3) is 0 Å². The number of aromatic nitrogens is 1. The van der Waals surface area contributed by atoms with Crippen LogP contribution >= 0.6 is 0 Å². The second-order valence-electron chi connectivity index (χ2n) is 4.92. The minimum Gasteiger partial charge on any atom is -0.383 e. The van der Waals surface area contributed by atoms with Gasteiger partial charge in [0, 0.05) is 45.2 Å². The van der Waals surface area contributed by atoms with Gasteiger partial charge in [-0.25, -0.2) is 0 Å². The van der Waals surface area contributed by atoms with Gasteiger partial charge in [-0.3, -0.25) is 9.88 Å². The molecular formula is C14H25N3O. The largest absolute Gasteiger partial charge is 0.383 e. The lowest BCUT2D eigenvalue weighted by Gasteiger charge is -2.32. The van der Waals surface area contributed by atoms with Crippen molar-refractivity contribution < 1.29 is 4.74 Å². The molecule has 1 aromatic rings. The zero-order valence-electron chi connectivity index (χ0n) is 11.7. The lowest BCUT2D eigenvalue weighted by Crippen LogP contribution is -2.38. The van der Waals surface area contributed by atoms with E-state index in [1.807, 2.05) is 12.3 Å².